The van der Waals surface area contributed by atoms with Gasteiger partial charge in [-0.1, -0.05) is 6.92 Å². The predicted molar refractivity (Wildman–Crippen MR) is 81.1 cm³/mol. The molecule has 0 saturated heterocycles. The Hall–Kier alpha value is -0.750. The molecule has 6 heteroatoms. The summed E-state index contributed by atoms with van der Waals surface area (Å²) in [5, 5.41) is 3.16. The summed E-state index contributed by atoms with van der Waals surface area (Å²) < 4.78 is 0. The molecule has 2 amide bonds. The van der Waals surface area contributed by atoms with Crippen molar-refractivity contribution >= 4 is 23.6 Å². The summed E-state index contributed by atoms with van der Waals surface area (Å²) >= 11 is 1.59. The summed E-state index contributed by atoms with van der Waals surface area (Å²) in [6, 6.07) is 0.0975. The summed E-state index contributed by atoms with van der Waals surface area (Å²) in [5.74, 6) is 0.310. The average Bonchev–Trinajstić information content (AvgIpc) is 2.32. The van der Waals surface area contributed by atoms with Gasteiger partial charge in [-0.05, 0) is 33.7 Å². The number of hydrogen-bond acceptors (Lipinski definition) is 4. The maximum Gasteiger partial charge on any atom is 0.239 e. The molecule has 0 fully saturated rings. The first-order valence-corrected chi connectivity index (χ1v) is 7.84. The number of likely N-dealkylation sites (N-methyl/N-ethyl adjacent to an activating group) is 1. The zero-order valence-corrected chi connectivity index (χ0v) is 13.3. The second-order valence-corrected chi connectivity index (χ2v) is 6.26. The summed E-state index contributed by atoms with van der Waals surface area (Å²) in [4.78, 5) is 25.2. The van der Waals surface area contributed by atoms with Gasteiger partial charge in [-0.15, -0.1) is 11.8 Å². The molecule has 0 aromatic heterocycles. The molecule has 0 bridgehead atoms. The van der Waals surface area contributed by atoms with Gasteiger partial charge in [0.15, 0.2) is 0 Å². The first kappa shape index (κ1) is 18.2. The predicted octanol–water partition coefficient (Wildman–Crippen LogP) is 0.830. The molecular formula is C13H27N3O2S. The molecule has 0 aliphatic heterocycles. The number of carbonyl (C=O) groups is 2. The van der Waals surface area contributed by atoms with E-state index in [2.05, 4.69) is 12.2 Å². The molecule has 5 nitrogen and oxygen atoms in total. The third-order valence-electron chi connectivity index (χ3n) is 2.58. The Morgan fingerprint density at radius 3 is 2.42 bits per heavy atom. The minimum Gasteiger partial charge on any atom is -0.352 e. The average molecular weight is 289 g/mol. The van der Waals surface area contributed by atoms with Crippen molar-refractivity contribution in [3.05, 3.63) is 0 Å². The number of carbonyl (C=O) groups excluding carboxylic acids is 2. The molecule has 0 heterocycles. The van der Waals surface area contributed by atoms with Gasteiger partial charge in [0.05, 0.1) is 12.3 Å². The van der Waals surface area contributed by atoms with E-state index in [1.165, 1.54) is 0 Å². The maximum absolute atomic E-state index is 12.0. The fourth-order valence-corrected chi connectivity index (χ4v) is 2.45. The van der Waals surface area contributed by atoms with E-state index in [1.54, 1.807) is 16.7 Å². The Kier molecular flexibility index (Phi) is 9.69. The molecule has 0 rings (SSSR count). The van der Waals surface area contributed by atoms with E-state index < -0.39 is 0 Å². The third-order valence-corrected chi connectivity index (χ3v) is 3.80. The lowest BCUT2D eigenvalue weighted by Gasteiger charge is -2.21. The Morgan fingerprint density at radius 2 is 1.95 bits per heavy atom. The van der Waals surface area contributed by atoms with E-state index in [1.807, 2.05) is 20.8 Å². The van der Waals surface area contributed by atoms with Crippen molar-refractivity contribution in [1.82, 2.24) is 10.2 Å². The molecule has 0 aliphatic carbocycles. The Bertz CT molecular complexity index is 285. The molecule has 0 saturated carbocycles. The molecule has 1 atom stereocenters. The van der Waals surface area contributed by atoms with Crippen LogP contribution < -0.4 is 11.1 Å². The second kappa shape index (κ2) is 10.1. The number of nitrogens with one attached hydrogen (secondary N) is 1. The highest BCUT2D eigenvalue weighted by atomic mass is 32.2. The topological polar surface area (TPSA) is 75.4 Å². The van der Waals surface area contributed by atoms with Gasteiger partial charge < -0.3 is 16.0 Å². The number of thioether (sulfide) groups is 1. The lowest BCUT2D eigenvalue weighted by atomic mass is 10.3. The molecule has 0 aromatic carbocycles. The molecule has 0 aliphatic rings. The van der Waals surface area contributed by atoms with Gasteiger partial charge >= 0.3 is 0 Å². The number of hydrogen-bond donors (Lipinski definition) is 2. The molecule has 3 N–H and O–H groups in total. The lowest BCUT2D eigenvalue weighted by Crippen LogP contribution is -2.43. The van der Waals surface area contributed by atoms with E-state index in [9.17, 15) is 9.59 Å². The zero-order valence-electron chi connectivity index (χ0n) is 12.4. The fraction of sp³-hybridized carbons (Fsp3) is 0.846. The standard InChI is InChI=1S/C13H27N3O2S/c1-5-16(8-12(17)15-10(2)3)13(18)9-19-11(4)6-7-14/h10-11H,5-9,14H2,1-4H3,(H,15,17). The smallest absolute Gasteiger partial charge is 0.239 e. The van der Waals surface area contributed by atoms with E-state index in [0.29, 0.717) is 24.1 Å². The fourth-order valence-electron chi connectivity index (χ4n) is 1.54. The molecule has 0 aromatic rings. The first-order chi connectivity index (χ1) is 8.90. The van der Waals surface area contributed by atoms with Crippen LogP contribution in [0.3, 0.4) is 0 Å². The highest BCUT2D eigenvalue weighted by Gasteiger charge is 2.16. The highest BCUT2D eigenvalue weighted by Crippen LogP contribution is 2.13. The Balaban J connectivity index is 4.13. The molecule has 0 spiro atoms. The molecule has 112 valence electrons. The van der Waals surface area contributed by atoms with Crippen molar-refractivity contribution in [1.29, 1.82) is 0 Å². The number of rotatable bonds is 9. The van der Waals surface area contributed by atoms with Gasteiger partial charge in [-0.3, -0.25) is 9.59 Å². The van der Waals surface area contributed by atoms with Gasteiger partial charge in [-0.2, -0.15) is 0 Å². The van der Waals surface area contributed by atoms with Gasteiger partial charge in [-0.25, -0.2) is 0 Å². The summed E-state index contributed by atoms with van der Waals surface area (Å²) in [6.45, 7) is 9.08. The minimum absolute atomic E-state index is 0.00952. The highest BCUT2D eigenvalue weighted by molar-refractivity contribution is 8.00. The molecule has 0 radical (unpaired) electrons. The van der Waals surface area contributed by atoms with Crippen LogP contribution in [0.4, 0.5) is 0 Å². The van der Waals surface area contributed by atoms with E-state index >= 15 is 0 Å². The first-order valence-electron chi connectivity index (χ1n) is 6.79. The molecular weight excluding hydrogens is 262 g/mol. The van der Waals surface area contributed by atoms with E-state index in [4.69, 9.17) is 5.73 Å². The quantitative estimate of drug-likeness (QED) is 0.659. The monoisotopic (exact) mass is 289 g/mol. The van der Waals surface area contributed by atoms with Gasteiger partial charge in [0.2, 0.25) is 11.8 Å². The van der Waals surface area contributed by atoms with Crippen LogP contribution in [-0.4, -0.2) is 53.4 Å². The van der Waals surface area contributed by atoms with Gasteiger partial charge in [0.1, 0.15) is 0 Å². The van der Waals surface area contributed by atoms with Crippen molar-refractivity contribution in [3.8, 4) is 0 Å². The van der Waals surface area contributed by atoms with Crippen LogP contribution in [0.1, 0.15) is 34.1 Å². The SMILES string of the molecule is CCN(CC(=O)NC(C)C)C(=O)CSC(C)CCN. The van der Waals surface area contributed by atoms with Crippen LogP contribution >= 0.6 is 11.8 Å². The third kappa shape index (κ3) is 8.88. The van der Waals surface area contributed by atoms with Gasteiger partial charge in [0, 0.05) is 17.8 Å². The van der Waals surface area contributed by atoms with E-state index in [-0.39, 0.29) is 24.4 Å². The second-order valence-electron chi connectivity index (χ2n) is 4.83. The summed E-state index contributed by atoms with van der Waals surface area (Å²) in [7, 11) is 0. The van der Waals surface area contributed by atoms with Crippen LogP contribution in [0.15, 0.2) is 0 Å². The Labute approximate surface area is 120 Å². The summed E-state index contributed by atoms with van der Waals surface area (Å²) in [5.41, 5.74) is 5.47. The van der Waals surface area contributed by atoms with Gasteiger partial charge in [0.25, 0.3) is 0 Å². The molecule has 1 unspecified atom stereocenters. The maximum atomic E-state index is 12.0. The van der Waals surface area contributed by atoms with Crippen molar-refractivity contribution in [2.45, 2.75) is 45.4 Å². The van der Waals surface area contributed by atoms with Crippen molar-refractivity contribution in [2.24, 2.45) is 5.73 Å². The van der Waals surface area contributed by atoms with Crippen LogP contribution in [0, 0.1) is 0 Å². The van der Waals surface area contributed by atoms with Crippen molar-refractivity contribution < 1.29 is 9.59 Å². The van der Waals surface area contributed by atoms with Crippen LogP contribution in [-0.2, 0) is 9.59 Å². The number of nitrogens with zero attached hydrogens (tertiary/aromatic N) is 1. The Morgan fingerprint density at radius 1 is 1.32 bits per heavy atom. The largest absolute Gasteiger partial charge is 0.352 e. The van der Waals surface area contributed by atoms with Crippen molar-refractivity contribution in [2.75, 3.05) is 25.4 Å². The van der Waals surface area contributed by atoms with E-state index in [0.717, 1.165) is 6.42 Å². The zero-order chi connectivity index (χ0) is 14.8. The minimum atomic E-state index is -0.106. The van der Waals surface area contributed by atoms with Crippen LogP contribution in [0.5, 0.6) is 0 Å². The van der Waals surface area contributed by atoms with Crippen LogP contribution in [0.2, 0.25) is 0 Å². The summed E-state index contributed by atoms with van der Waals surface area (Å²) in [6.07, 6.45) is 0.901. The number of amides is 2. The molecule has 19 heavy (non-hydrogen) atoms. The normalized spacial score (nSPS) is 12.3. The number of nitrogens with two attached hydrogens (primary N) is 1. The lowest BCUT2D eigenvalue weighted by molar-refractivity contribution is -0.134. The van der Waals surface area contributed by atoms with Crippen LogP contribution in [0.25, 0.3) is 0 Å². The van der Waals surface area contributed by atoms with Crippen molar-refractivity contribution in [3.63, 3.8) is 0 Å².